The van der Waals surface area contributed by atoms with Crippen molar-refractivity contribution in [3.05, 3.63) is 59.0 Å². The Morgan fingerprint density at radius 3 is 2.68 bits per heavy atom. The van der Waals surface area contributed by atoms with Crippen molar-refractivity contribution in [1.82, 2.24) is 5.32 Å². The zero-order chi connectivity index (χ0) is 19.9. The Morgan fingerprint density at radius 2 is 1.96 bits per heavy atom. The van der Waals surface area contributed by atoms with Crippen LogP contribution in [-0.2, 0) is 9.59 Å². The third-order valence-corrected chi connectivity index (χ3v) is 4.48. The van der Waals surface area contributed by atoms with Crippen molar-refractivity contribution in [3.8, 4) is 11.5 Å². The summed E-state index contributed by atoms with van der Waals surface area (Å²) in [4.78, 5) is 28.0. The lowest BCUT2D eigenvalue weighted by atomic mass is 10.1. The molecule has 0 spiro atoms. The van der Waals surface area contributed by atoms with Gasteiger partial charge in [-0.1, -0.05) is 30.3 Å². The second-order valence-electron chi connectivity index (χ2n) is 5.61. The van der Waals surface area contributed by atoms with Gasteiger partial charge < -0.3 is 19.9 Å². The molecular weight excluding hydrogens is 380 g/mol. The lowest BCUT2D eigenvalue weighted by molar-refractivity contribution is -0.139. The third-order valence-electron chi connectivity index (χ3n) is 3.57. The molecule has 0 aliphatic carbocycles. The minimum absolute atomic E-state index is 0.279. The number of thioether (sulfide) groups is 1. The number of carboxylic acids is 1. The molecule has 2 aromatic rings. The first-order chi connectivity index (χ1) is 13.6. The molecule has 0 saturated carbocycles. The summed E-state index contributed by atoms with van der Waals surface area (Å²) in [6, 6.07) is 14.5. The maximum Gasteiger partial charge on any atom is 0.341 e. The molecule has 3 rings (SSSR count). The molecule has 1 aliphatic heterocycles. The van der Waals surface area contributed by atoms with E-state index >= 15 is 0 Å². The molecule has 7 nitrogen and oxygen atoms in total. The molecule has 144 valence electrons. The van der Waals surface area contributed by atoms with E-state index in [0.717, 1.165) is 5.69 Å². The molecule has 0 atom stereocenters. The number of ether oxygens (including phenoxy) is 2. The summed E-state index contributed by atoms with van der Waals surface area (Å²) >= 11 is 1.20. The fraction of sp³-hybridized carbons (Fsp3) is 0.150. The number of amides is 1. The Bertz CT molecular complexity index is 941. The zero-order valence-corrected chi connectivity index (χ0v) is 15.9. The summed E-state index contributed by atoms with van der Waals surface area (Å²) in [6.07, 6.45) is 1.63. The van der Waals surface area contributed by atoms with E-state index in [9.17, 15) is 9.59 Å². The maximum absolute atomic E-state index is 12.3. The smallest absolute Gasteiger partial charge is 0.341 e. The van der Waals surface area contributed by atoms with Gasteiger partial charge in [-0.2, -0.15) is 0 Å². The Kier molecular flexibility index (Phi) is 6.33. The zero-order valence-electron chi connectivity index (χ0n) is 15.0. The van der Waals surface area contributed by atoms with E-state index in [1.54, 1.807) is 24.3 Å². The fourth-order valence-electron chi connectivity index (χ4n) is 2.45. The summed E-state index contributed by atoms with van der Waals surface area (Å²) < 4.78 is 10.9. The quantitative estimate of drug-likeness (QED) is 0.694. The van der Waals surface area contributed by atoms with E-state index in [4.69, 9.17) is 14.6 Å². The Morgan fingerprint density at radius 1 is 1.18 bits per heavy atom. The van der Waals surface area contributed by atoms with Crippen LogP contribution in [0.25, 0.3) is 6.08 Å². The summed E-state index contributed by atoms with van der Waals surface area (Å²) in [6.45, 7) is 1.70. The van der Waals surface area contributed by atoms with Crippen molar-refractivity contribution >= 4 is 40.6 Å². The van der Waals surface area contributed by atoms with Gasteiger partial charge in [-0.15, -0.1) is 0 Å². The van der Waals surface area contributed by atoms with Crippen molar-refractivity contribution < 1.29 is 24.2 Å². The Labute approximate surface area is 166 Å². The number of carbonyl (C=O) groups is 2. The SMILES string of the molecule is CCOc1cccc(/C=C2/SC(=Nc3ccccc3)NC2=O)c1OCC(=O)O. The van der Waals surface area contributed by atoms with Gasteiger partial charge >= 0.3 is 5.97 Å². The van der Waals surface area contributed by atoms with Gasteiger partial charge in [0.2, 0.25) is 0 Å². The lowest BCUT2D eigenvalue weighted by Gasteiger charge is -2.13. The number of hydrogen-bond donors (Lipinski definition) is 2. The minimum Gasteiger partial charge on any atom is -0.490 e. The largest absolute Gasteiger partial charge is 0.490 e. The number of carboxylic acid groups (broad SMARTS) is 1. The van der Waals surface area contributed by atoms with Gasteiger partial charge in [0.1, 0.15) is 0 Å². The topological polar surface area (TPSA) is 97.2 Å². The number of benzene rings is 2. The van der Waals surface area contributed by atoms with Crippen molar-refractivity contribution in [3.63, 3.8) is 0 Å². The van der Waals surface area contributed by atoms with Gasteiger partial charge in [-0.05, 0) is 43.0 Å². The monoisotopic (exact) mass is 398 g/mol. The van der Waals surface area contributed by atoms with Gasteiger partial charge in [0.05, 0.1) is 17.2 Å². The molecule has 1 fully saturated rings. The molecule has 2 aromatic carbocycles. The van der Waals surface area contributed by atoms with E-state index in [1.165, 1.54) is 11.8 Å². The van der Waals surface area contributed by atoms with Crippen LogP contribution in [0.5, 0.6) is 11.5 Å². The predicted octanol–water partition coefficient (Wildman–Crippen LogP) is 3.44. The molecular formula is C20H18N2O5S. The number of carbonyl (C=O) groups excluding carboxylic acids is 1. The number of aliphatic carboxylic acids is 1. The lowest BCUT2D eigenvalue weighted by Crippen LogP contribution is -2.19. The van der Waals surface area contributed by atoms with Crippen LogP contribution in [0.2, 0.25) is 0 Å². The second kappa shape index (κ2) is 9.09. The molecule has 1 aliphatic rings. The van der Waals surface area contributed by atoms with Crippen LogP contribution >= 0.6 is 11.8 Å². The molecule has 1 heterocycles. The number of nitrogens with one attached hydrogen (secondary N) is 1. The van der Waals surface area contributed by atoms with Crippen LogP contribution in [0, 0.1) is 0 Å². The third kappa shape index (κ3) is 4.92. The van der Waals surface area contributed by atoms with Gasteiger partial charge in [-0.3, -0.25) is 4.79 Å². The van der Waals surface area contributed by atoms with Gasteiger partial charge in [0, 0.05) is 5.56 Å². The Balaban J connectivity index is 1.89. The molecule has 0 bridgehead atoms. The summed E-state index contributed by atoms with van der Waals surface area (Å²) in [5.74, 6) is -0.693. The van der Waals surface area contributed by atoms with Gasteiger partial charge in [0.15, 0.2) is 23.3 Å². The van der Waals surface area contributed by atoms with E-state index in [1.807, 2.05) is 37.3 Å². The molecule has 8 heteroatoms. The summed E-state index contributed by atoms with van der Waals surface area (Å²) in [5.41, 5.74) is 1.28. The van der Waals surface area contributed by atoms with Crippen LogP contribution in [0.4, 0.5) is 5.69 Å². The predicted molar refractivity (Wildman–Crippen MR) is 108 cm³/mol. The van der Waals surface area contributed by atoms with Gasteiger partial charge in [-0.25, -0.2) is 9.79 Å². The average Bonchev–Trinajstić information content (AvgIpc) is 3.01. The molecule has 0 radical (unpaired) electrons. The first-order valence-electron chi connectivity index (χ1n) is 8.52. The highest BCUT2D eigenvalue weighted by molar-refractivity contribution is 8.18. The van der Waals surface area contributed by atoms with Crippen LogP contribution in [0.15, 0.2) is 58.4 Å². The molecule has 0 aromatic heterocycles. The number of rotatable bonds is 7. The first kappa shape index (κ1) is 19.5. The van der Waals surface area contributed by atoms with Crippen LogP contribution in [0.3, 0.4) is 0 Å². The summed E-state index contributed by atoms with van der Waals surface area (Å²) in [7, 11) is 0. The highest BCUT2D eigenvalue weighted by atomic mass is 32.2. The van der Waals surface area contributed by atoms with Crippen molar-refractivity contribution in [1.29, 1.82) is 0 Å². The van der Waals surface area contributed by atoms with Crippen molar-refractivity contribution in [2.45, 2.75) is 6.92 Å². The first-order valence-corrected chi connectivity index (χ1v) is 9.33. The standard InChI is InChI=1S/C20H18N2O5S/c1-2-26-15-10-6-7-13(18(15)27-12-17(23)24)11-16-19(25)22-20(28-16)21-14-8-4-3-5-9-14/h3-11H,2,12H2,1H3,(H,23,24)(H,21,22,25)/b16-11+. The Hall–Kier alpha value is -3.26. The van der Waals surface area contributed by atoms with Crippen LogP contribution in [-0.4, -0.2) is 35.4 Å². The molecule has 1 amide bonds. The van der Waals surface area contributed by atoms with E-state index in [-0.39, 0.29) is 11.7 Å². The number of para-hydroxylation sites is 2. The molecule has 1 saturated heterocycles. The minimum atomic E-state index is -1.10. The molecule has 0 unspecified atom stereocenters. The number of amidine groups is 1. The molecule has 2 N–H and O–H groups in total. The highest BCUT2D eigenvalue weighted by Crippen LogP contribution is 2.35. The van der Waals surface area contributed by atoms with E-state index in [2.05, 4.69) is 10.3 Å². The van der Waals surface area contributed by atoms with E-state index in [0.29, 0.717) is 28.0 Å². The second-order valence-corrected chi connectivity index (χ2v) is 6.64. The van der Waals surface area contributed by atoms with Crippen molar-refractivity contribution in [2.75, 3.05) is 13.2 Å². The summed E-state index contributed by atoms with van der Waals surface area (Å²) in [5, 5.41) is 12.1. The number of aliphatic imine (C=N–C) groups is 1. The maximum atomic E-state index is 12.3. The van der Waals surface area contributed by atoms with Crippen LogP contribution in [0.1, 0.15) is 12.5 Å². The van der Waals surface area contributed by atoms with E-state index < -0.39 is 12.6 Å². The number of hydrogen-bond acceptors (Lipinski definition) is 6. The van der Waals surface area contributed by atoms with Crippen LogP contribution < -0.4 is 14.8 Å². The average molecular weight is 398 g/mol. The van der Waals surface area contributed by atoms with Crippen molar-refractivity contribution in [2.24, 2.45) is 4.99 Å². The number of nitrogens with zero attached hydrogens (tertiary/aromatic N) is 1. The fourth-order valence-corrected chi connectivity index (χ4v) is 3.28. The van der Waals surface area contributed by atoms with Gasteiger partial charge in [0.25, 0.3) is 5.91 Å². The molecule has 28 heavy (non-hydrogen) atoms. The normalized spacial score (nSPS) is 16.2. The highest BCUT2D eigenvalue weighted by Gasteiger charge is 2.25.